The number of anilines is 1. The molecule has 0 radical (unpaired) electrons. The number of rotatable bonds is 5. The molecular formula is C20H18N4O2S. The third kappa shape index (κ3) is 3.50. The Morgan fingerprint density at radius 3 is 2.78 bits per heavy atom. The standard InChI is InChI=1S/C20H18N4O2S/c1-12-3-5-13(6-4-12)19-21-20(23-22-19)27-11-17(25)14-7-8-16-15(9-14)10-18(26)24(16)2/h3-9H,10-11H2,1-2H3,(H,21,22,23). The summed E-state index contributed by atoms with van der Waals surface area (Å²) < 4.78 is 0. The van der Waals surface area contributed by atoms with Gasteiger partial charge in [0.15, 0.2) is 11.6 Å². The predicted molar refractivity (Wildman–Crippen MR) is 105 cm³/mol. The number of fused-ring (bicyclic) bond motifs is 1. The molecule has 1 aromatic heterocycles. The number of likely N-dealkylation sites (N-methyl/N-ethyl adjacent to an activating group) is 1. The Kier molecular flexibility index (Phi) is 4.53. The number of hydrogen-bond donors (Lipinski definition) is 1. The summed E-state index contributed by atoms with van der Waals surface area (Å²) in [7, 11) is 1.75. The number of thioether (sulfide) groups is 1. The number of nitrogens with zero attached hydrogens (tertiary/aromatic N) is 3. The second kappa shape index (κ2) is 7.00. The summed E-state index contributed by atoms with van der Waals surface area (Å²) in [6.45, 7) is 2.03. The summed E-state index contributed by atoms with van der Waals surface area (Å²) in [6.07, 6.45) is 0.348. The molecule has 7 heteroatoms. The number of aryl methyl sites for hydroxylation is 1. The summed E-state index contributed by atoms with van der Waals surface area (Å²) in [4.78, 5) is 30.4. The van der Waals surface area contributed by atoms with Crippen molar-refractivity contribution in [2.75, 3.05) is 17.7 Å². The topological polar surface area (TPSA) is 79.0 Å². The quantitative estimate of drug-likeness (QED) is 0.544. The van der Waals surface area contributed by atoms with Crippen LogP contribution in [0.2, 0.25) is 0 Å². The van der Waals surface area contributed by atoms with Gasteiger partial charge in [0.2, 0.25) is 11.1 Å². The first-order valence-corrected chi connectivity index (χ1v) is 9.55. The molecule has 2 heterocycles. The first-order chi connectivity index (χ1) is 13.0. The van der Waals surface area contributed by atoms with Gasteiger partial charge in [0, 0.05) is 23.9 Å². The number of ketones is 1. The lowest BCUT2D eigenvalue weighted by atomic mass is 10.1. The average molecular weight is 378 g/mol. The van der Waals surface area contributed by atoms with Gasteiger partial charge in [0.1, 0.15) is 0 Å². The van der Waals surface area contributed by atoms with E-state index in [0.717, 1.165) is 16.8 Å². The van der Waals surface area contributed by atoms with E-state index >= 15 is 0 Å². The summed E-state index contributed by atoms with van der Waals surface area (Å²) in [5, 5.41) is 7.63. The third-order valence-electron chi connectivity index (χ3n) is 4.60. The fraction of sp³-hybridized carbons (Fsp3) is 0.200. The minimum atomic E-state index is -0.00788. The molecule has 1 amide bonds. The maximum atomic E-state index is 12.5. The Hall–Kier alpha value is -2.93. The third-order valence-corrected chi connectivity index (χ3v) is 5.45. The lowest BCUT2D eigenvalue weighted by Crippen LogP contribution is -2.20. The highest BCUT2D eigenvalue weighted by Gasteiger charge is 2.24. The molecule has 136 valence electrons. The molecule has 4 rings (SSSR count). The van der Waals surface area contributed by atoms with E-state index in [1.165, 1.54) is 17.3 Å². The van der Waals surface area contributed by atoms with Crippen LogP contribution >= 0.6 is 11.8 Å². The second-order valence-corrected chi connectivity index (χ2v) is 7.46. The van der Waals surface area contributed by atoms with E-state index in [4.69, 9.17) is 0 Å². The van der Waals surface area contributed by atoms with Gasteiger partial charge in [-0.1, -0.05) is 41.6 Å². The fourth-order valence-electron chi connectivity index (χ4n) is 3.01. The zero-order valence-corrected chi connectivity index (χ0v) is 15.8. The van der Waals surface area contributed by atoms with E-state index in [1.54, 1.807) is 18.0 Å². The molecule has 6 nitrogen and oxygen atoms in total. The fourth-order valence-corrected chi connectivity index (χ4v) is 3.70. The number of amides is 1. The van der Waals surface area contributed by atoms with E-state index in [9.17, 15) is 9.59 Å². The van der Waals surface area contributed by atoms with Crippen molar-refractivity contribution < 1.29 is 9.59 Å². The molecule has 0 spiro atoms. The Morgan fingerprint density at radius 2 is 2.00 bits per heavy atom. The molecular weight excluding hydrogens is 360 g/mol. The Bertz CT molecular complexity index is 1030. The van der Waals surface area contributed by atoms with Crippen molar-refractivity contribution in [3.63, 3.8) is 0 Å². The summed E-state index contributed by atoms with van der Waals surface area (Å²) in [5.41, 5.74) is 4.52. The number of hydrogen-bond acceptors (Lipinski definition) is 5. The molecule has 0 saturated heterocycles. The van der Waals surface area contributed by atoms with Crippen LogP contribution in [-0.4, -0.2) is 39.7 Å². The minimum Gasteiger partial charge on any atom is -0.315 e. The molecule has 0 aliphatic carbocycles. The highest BCUT2D eigenvalue weighted by molar-refractivity contribution is 7.99. The predicted octanol–water partition coefficient (Wildman–Crippen LogP) is 3.27. The van der Waals surface area contributed by atoms with Gasteiger partial charge in [-0.05, 0) is 30.7 Å². The number of Topliss-reactive ketones (excluding diaryl/α,β-unsaturated/α-hetero) is 1. The van der Waals surface area contributed by atoms with Crippen molar-refractivity contribution in [1.82, 2.24) is 15.2 Å². The monoisotopic (exact) mass is 378 g/mol. The first kappa shape index (κ1) is 17.5. The highest BCUT2D eigenvalue weighted by Crippen LogP contribution is 2.29. The van der Waals surface area contributed by atoms with Gasteiger partial charge in [-0.3, -0.25) is 14.7 Å². The number of H-pyrrole nitrogens is 1. The number of nitrogens with one attached hydrogen (secondary N) is 1. The van der Waals surface area contributed by atoms with Gasteiger partial charge < -0.3 is 4.90 Å². The first-order valence-electron chi connectivity index (χ1n) is 8.56. The van der Waals surface area contributed by atoms with Crippen molar-refractivity contribution in [1.29, 1.82) is 0 Å². The maximum Gasteiger partial charge on any atom is 0.231 e. The van der Waals surface area contributed by atoms with Gasteiger partial charge in [-0.25, -0.2) is 4.98 Å². The molecule has 0 fully saturated rings. The van der Waals surface area contributed by atoms with Gasteiger partial charge in [0.05, 0.1) is 12.2 Å². The lowest BCUT2D eigenvalue weighted by molar-refractivity contribution is -0.117. The van der Waals surface area contributed by atoms with Crippen LogP contribution in [0, 0.1) is 6.92 Å². The number of aromatic amines is 1. The van der Waals surface area contributed by atoms with Crippen LogP contribution in [0.15, 0.2) is 47.6 Å². The van der Waals surface area contributed by atoms with E-state index in [2.05, 4.69) is 15.2 Å². The lowest BCUT2D eigenvalue weighted by Gasteiger charge is -2.10. The van der Waals surface area contributed by atoms with Crippen LogP contribution in [0.5, 0.6) is 0 Å². The van der Waals surface area contributed by atoms with Crippen molar-refractivity contribution in [2.45, 2.75) is 18.5 Å². The molecule has 0 saturated carbocycles. The highest BCUT2D eigenvalue weighted by atomic mass is 32.2. The Balaban J connectivity index is 1.42. The van der Waals surface area contributed by atoms with Gasteiger partial charge >= 0.3 is 0 Å². The zero-order valence-electron chi connectivity index (χ0n) is 15.0. The van der Waals surface area contributed by atoms with E-state index in [-0.39, 0.29) is 17.4 Å². The number of benzene rings is 2. The number of aromatic nitrogens is 3. The molecule has 0 bridgehead atoms. The van der Waals surface area contributed by atoms with Gasteiger partial charge in [0.25, 0.3) is 0 Å². The van der Waals surface area contributed by atoms with E-state index in [0.29, 0.717) is 23.0 Å². The van der Waals surface area contributed by atoms with E-state index in [1.807, 2.05) is 43.3 Å². The summed E-state index contributed by atoms with van der Waals surface area (Å²) in [6, 6.07) is 13.4. The summed E-state index contributed by atoms with van der Waals surface area (Å²) in [5.74, 6) is 0.970. The molecule has 27 heavy (non-hydrogen) atoms. The molecule has 1 aliphatic rings. The Morgan fingerprint density at radius 1 is 1.22 bits per heavy atom. The number of carbonyl (C=O) groups is 2. The summed E-state index contributed by atoms with van der Waals surface area (Å²) >= 11 is 1.30. The SMILES string of the molecule is Cc1ccc(-c2nc(SCC(=O)c3ccc4c(c3)CC(=O)N4C)n[nH]2)cc1. The van der Waals surface area contributed by atoms with Crippen LogP contribution in [0.3, 0.4) is 0 Å². The van der Waals surface area contributed by atoms with Crippen LogP contribution < -0.4 is 4.90 Å². The average Bonchev–Trinajstić information content (AvgIpc) is 3.25. The molecule has 2 aromatic carbocycles. The van der Waals surface area contributed by atoms with Crippen molar-refractivity contribution in [2.24, 2.45) is 0 Å². The maximum absolute atomic E-state index is 12.5. The van der Waals surface area contributed by atoms with Crippen LogP contribution in [0.4, 0.5) is 5.69 Å². The smallest absolute Gasteiger partial charge is 0.231 e. The number of carbonyl (C=O) groups excluding carboxylic acids is 2. The normalized spacial score (nSPS) is 13.1. The molecule has 1 aliphatic heterocycles. The van der Waals surface area contributed by atoms with Crippen LogP contribution in [-0.2, 0) is 11.2 Å². The van der Waals surface area contributed by atoms with Gasteiger partial charge in [-0.15, -0.1) is 5.10 Å². The molecule has 3 aromatic rings. The molecule has 1 N–H and O–H groups in total. The van der Waals surface area contributed by atoms with Crippen molar-refractivity contribution >= 4 is 29.1 Å². The Labute approximate surface area is 161 Å². The van der Waals surface area contributed by atoms with Crippen LogP contribution in [0.1, 0.15) is 21.5 Å². The van der Waals surface area contributed by atoms with Crippen molar-refractivity contribution in [3.05, 3.63) is 59.2 Å². The minimum absolute atomic E-state index is 0.00788. The molecule has 0 atom stereocenters. The largest absolute Gasteiger partial charge is 0.315 e. The zero-order chi connectivity index (χ0) is 19.0. The molecule has 0 unspecified atom stereocenters. The second-order valence-electron chi connectivity index (χ2n) is 6.52. The van der Waals surface area contributed by atoms with Gasteiger partial charge in [-0.2, -0.15) is 0 Å². The van der Waals surface area contributed by atoms with Crippen LogP contribution in [0.25, 0.3) is 11.4 Å². The van der Waals surface area contributed by atoms with E-state index < -0.39 is 0 Å². The van der Waals surface area contributed by atoms with Crippen molar-refractivity contribution in [3.8, 4) is 11.4 Å².